The van der Waals surface area contributed by atoms with Crippen molar-refractivity contribution in [3.63, 3.8) is 0 Å². The molecule has 0 aromatic heterocycles. The molecule has 3 nitrogen and oxygen atoms in total. The number of piperidine rings is 1. The van der Waals surface area contributed by atoms with Gasteiger partial charge in [-0.1, -0.05) is 19.1 Å². The van der Waals surface area contributed by atoms with Gasteiger partial charge in [-0.3, -0.25) is 4.79 Å². The monoisotopic (exact) mass is 244 g/mol. The maximum atomic E-state index is 12.4. The van der Waals surface area contributed by atoms with Crippen LogP contribution < -0.4 is 10.2 Å². The van der Waals surface area contributed by atoms with Gasteiger partial charge in [-0.25, -0.2) is 0 Å². The maximum absolute atomic E-state index is 12.4. The first-order valence-electron chi connectivity index (χ1n) is 6.83. The van der Waals surface area contributed by atoms with E-state index in [4.69, 9.17) is 0 Å². The normalized spacial score (nSPS) is 26.8. The summed E-state index contributed by atoms with van der Waals surface area (Å²) in [5.74, 6) is 0.809. The highest BCUT2D eigenvalue weighted by Crippen LogP contribution is 2.42. The second kappa shape index (κ2) is 4.39. The van der Waals surface area contributed by atoms with Crippen molar-refractivity contribution >= 4 is 11.6 Å². The summed E-state index contributed by atoms with van der Waals surface area (Å²) in [5.41, 5.74) is 3.86. The van der Waals surface area contributed by atoms with Gasteiger partial charge in [0.1, 0.15) is 0 Å². The zero-order chi connectivity index (χ0) is 12.7. The summed E-state index contributed by atoms with van der Waals surface area (Å²) in [7, 11) is 1.90. The summed E-state index contributed by atoms with van der Waals surface area (Å²) in [5, 5.41) is 3.35. The summed E-state index contributed by atoms with van der Waals surface area (Å²) in [4.78, 5) is 14.2. The van der Waals surface area contributed by atoms with Crippen LogP contribution in [0.25, 0.3) is 0 Å². The number of benzene rings is 1. The highest BCUT2D eigenvalue weighted by atomic mass is 16.2. The lowest BCUT2D eigenvalue weighted by atomic mass is 9.76. The van der Waals surface area contributed by atoms with Gasteiger partial charge >= 0.3 is 0 Å². The van der Waals surface area contributed by atoms with Crippen molar-refractivity contribution in [1.82, 2.24) is 5.32 Å². The molecule has 0 spiro atoms. The largest absolute Gasteiger partial charge is 0.316 e. The number of hydrogen-bond acceptors (Lipinski definition) is 2. The molecule has 2 aliphatic rings. The van der Waals surface area contributed by atoms with Crippen LogP contribution in [-0.2, 0) is 11.2 Å². The molecule has 0 saturated carbocycles. The number of anilines is 1. The van der Waals surface area contributed by atoms with Crippen molar-refractivity contribution in [2.45, 2.75) is 25.7 Å². The first kappa shape index (κ1) is 11.7. The lowest BCUT2D eigenvalue weighted by molar-refractivity contribution is -0.123. The molecule has 1 fully saturated rings. The molecule has 0 bridgehead atoms. The molecule has 1 aromatic rings. The van der Waals surface area contributed by atoms with E-state index in [-0.39, 0.29) is 11.8 Å². The fourth-order valence-electron chi connectivity index (χ4n) is 3.28. The molecular weight excluding hydrogens is 224 g/mol. The van der Waals surface area contributed by atoms with Gasteiger partial charge in [0.2, 0.25) is 5.91 Å². The Labute approximate surface area is 108 Å². The Balaban J connectivity index is 2.10. The smallest absolute Gasteiger partial charge is 0.231 e. The Bertz CT molecular complexity index is 483. The van der Waals surface area contributed by atoms with E-state index in [0.29, 0.717) is 5.92 Å². The van der Waals surface area contributed by atoms with Crippen molar-refractivity contribution < 1.29 is 4.79 Å². The molecule has 3 heteroatoms. The van der Waals surface area contributed by atoms with Crippen LogP contribution in [0.5, 0.6) is 0 Å². The Kier molecular flexibility index (Phi) is 2.86. The van der Waals surface area contributed by atoms with E-state index >= 15 is 0 Å². The van der Waals surface area contributed by atoms with Gasteiger partial charge in [-0.15, -0.1) is 0 Å². The second-order valence-corrected chi connectivity index (χ2v) is 5.35. The van der Waals surface area contributed by atoms with Gasteiger partial charge in [0, 0.05) is 19.3 Å². The minimum absolute atomic E-state index is 0.128. The predicted molar refractivity (Wildman–Crippen MR) is 72.9 cm³/mol. The highest BCUT2D eigenvalue weighted by molar-refractivity contribution is 5.98. The SMILES string of the molecule is CCc1ccc2c(c1)C1CCNCC1C(=O)N2C. The van der Waals surface area contributed by atoms with Crippen LogP contribution in [0.3, 0.4) is 0 Å². The molecule has 0 aliphatic carbocycles. The van der Waals surface area contributed by atoms with Gasteiger partial charge in [0.25, 0.3) is 0 Å². The average Bonchev–Trinajstić information content (AvgIpc) is 2.44. The Morgan fingerprint density at radius 2 is 2.22 bits per heavy atom. The number of fused-ring (bicyclic) bond motifs is 3. The van der Waals surface area contributed by atoms with Gasteiger partial charge in [0.15, 0.2) is 0 Å². The van der Waals surface area contributed by atoms with Crippen molar-refractivity contribution in [3.8, 4) is 0 Å². The number of aryl methyl sites for hydroxylation is 1. The van der Waals surface area contributed by atoms with Crippen LogP contribution in [0.2, 0.25) is 0 Å². The van der Waals surface area contributed by atoms with Gasteiger partial charge in [-0.2, -0.15) is 0 Å². The maximum Gasteiger partial charge on any atom is 0.231 e. The van der Waals surface area contributed by atoms with Crippen LogP contribution in [0.15, 0.2) is 18.2 Å². The minimum atomic E-state index is 0.128. The van der Waals surface area contributed by atoms with E-state index in [1.165, 1.54) is 11.1 Å². The second-order valence-electron chi connectivity index (χ2n) is 5.35. The Morgan fingerprint density at radius 3 is 3.00 bits per heavy atom. The van der Waals surface area contributed by atoms with E-state index in [2.05, 4.69) is 30.4 Å². The number of carbonyl (C=O) groups is 1. The first-order valence-corrected chi connectivity index (χ1v) is 6.83. The third-order valence-corrected chi connectivity index (χ3v) is 4.39. The molecule has 0 radical (unpaired) electrons. The molecule has 1 amide bonds. The van der Waals surface area contributed by atoms with Gasteiger partial charge < -0.3 is 10.2 Å². The molecule has 18 heavy (non-hydrogen) atoms. The number of nitrogens with zero attached hydrogens (tertiary/aromatic N) is 1. The van der Waals surface area contributed by atoms with Gasteiger partial charge in [-0.05, 0) is 42.5 Å². The number of hydrogen-bond donors (Lipinski definition) is 1. The molecule has 1 aromatic carbocycles. The molecular formula is C15H20N2O. The van der Waals surface area contributed by atoms with Crippen LogP contribution in [0, 0.1) is 5.92 Å². The lowest BCUT2D eigenvalue weighted by Gasteiger charge is -2.40. The lowest BCUT2D eigenvalue weighted by Crippen LogP contribution is -2.48. The van der Waals surface area contributed by atoms with Crippen molar-refractivity contribution in [3.05, 3.63) is 29.3 Å². The van der Waals surface area contributed by atoms with E-state index < -0.39 is 0 Å². The highest BCUT2D eigenvalue weighted by Gasteiger charge is 2.39. The first-order chi connectivity index (χ1) is 8.72. The Morgan fingerprint density at radius 1 is 1.39 bits per heavy atom. The van der Waals surface area contributed by atoms with Gasteiger partial charge in [0.05, 0.1) is 5.92 Å². The fourth-order valence-corrected chi connectivity index (χ4v) is 3.28. The standard InChI is InChI=1S/C15H20N2O/c1-3-10-4-5-14-12(8-10)11-6-7-16-9-13(11)15(18)17(14)2/h4-5,8,11,13,16H,3,6-7,9H2,1-2H3. The number of nitrogens with one attached hydrogen (secondary N) is 1. The van der Waals surface area contributed by atoms with Crippen LogP contribution in [-0.4, -0.2) is 26.0 Å². The quantitative estimate of drug-likeness (QED) is 0.818. The zero-order valence-electron chi connectivity index (χ0n) is 11.1. The predicted octanol–water partition coefficient (Wildman–Crippen LogP) is 1.92. The third kappa shape index (κ3) is 1.65. The van der Waals surface area contributed by atoms with Crippen molar-refractivity contribution in [2.24, 2.45) is 5.92 Å². The van der Waals surface area contributed by atoms with Crippen molar-refractivity contribution in [2.75, 3.05) is 25.0 Å². The van der Waals surface area contributed by atoms with E-state index in [0.717, 1.165) is 31.6 Å². The summed E-state index contributed by atoms with van der Waals surface area (Å²) in [6.45, 7) is 4.02. The topological polar surface area (TPSA) is 32.3 Å². The summed E-state index contributed by atoms with van der Waals surface area (Å²) < 4.78 is 0. The Hall–Kier alpha value is -1.35. The molecule has 2 aliphatic heterocycles. The van der Waals surface area contributed by atoms with E-state index in [1.807, 2.05) is 11.9 Å². The van der Waals surface area contributed by atoms with E-state index in [9.17, 15) is 4.79 Å². The molecule has 2 heterocycles. The molecule has 96 valence electrons. The molecule has 2 atom stereocenters. The van der Waals surface area contributed by atoms with Crippen LogP contribution >= 0.6 is 0 Å². The van der Waals surface area contributed by atoms with Crippen molar-refractivity contribution in [1.29, 1.82) is 0 Å². The summed E-state index contributed by atoms with van der Waals surface area (Å²) in [6.07, 6.45) is 2.13. The zero-order valence-corrected chi connectivity index (χ0v) is 11.1. The molecule has 3 rings (SSSR count). The molecule has 2 unspecified atom stereocenters. The molecule has 1 saturated heterocycles. The summed E-state index contributed by atoms with van der Waals surface area (Å²) >= 11 is 0. The number of amides is 1. The van der Waals surface area contributed by atoms with Crippen LogP contribution in [0.4, 0.5) is 5.69 Å². The number of carbonyl (C=O) groups excluding carboxylic acids is 1. The average molecular weight is 244 g/mol. The fraction of sp³-hybridized carbons (Fsp3) is 0.533. The van der Waals surface area contributed by atoms with Crippen LogP contribution in [0.1, 0.15) is 30.4 Å². The molecule has 1 N–H and O–H groups in total. The third-order valence-electron chi connectivity index (χ3n) is 4.39. The van der Waals surface area contributed by atoms with E-state index in [1.54, 1.807) is 0 Å². The minimum Gasteiger partial charge on any atom is -0.316 e. The number of rotatable bonds is 1. The summed E-state index contributed by atoms with van der Waals surface area (Å²) in [6, 6.07) is 6.57.